The minimum atomic E-state index is 0.737. The molecule has 1 aromatic rings. The Bertz CT molecular complexity index is 280. The van der Waals surface area contributed by atoms with Crippen LogP contribution in [0.15, 0.2) is 24.3 Å². The van der Waals surface area contributed by atoms with Gasteiger partial charge in [0.05, 0.1) is 0 Å². The van der Waals surface area contributed by atoms with E-state index < -0.39 is 0 Å². The van der Waals surface area contributed by atoms with E-state index >= 15 is 0 Å². The Labute approximate surface area is 87.5 Å². The van der Waals surface area contributed by atoms with Crippen LogP contribution in [-0.4, -0.2) is 0 Å². The molecule has 0 saturated carbocycles. The highest BCUT2D eigenvalue weighted by Gasteiger charge is 2.21. The van der Waals surface area contributed by atoms with Gasteiger partial charge in [0.1, 0.15) is 0 Å². The van der Waals surface area contributed by atoms with Crippen molar-refractivity contribution in [3.05, 3.63) is 35.4 Å². The van der Waals surface area contributed by atoms with Crippen molar-refractivity contribution in [2.45, 2.75) is 29.6 Å². The van der Waals surface area contributed by atoms with Crippen molar-refractivity contribution < 1.29 is 0 Å². The lowest BCUT2D eigenvalue weighted by Crippen LogP contribution is -2.07. The van der Waals surface area contributed by atoms with Gasteiger partial charge in [-0.15, -0.1) is 0 Å². The molecule has 2 atom stereocenters. The Balaban J connectivity index is 2.41. The Hall–Kier alpha value is -0.0500. The predicted octanol–water partition coefficient (Wildman–Crippen LogP) is 4.06. The highest BCUT2D eigenvalue weighted by Crippen LogP contribution is 2.41. The third-order valence-electron chi connectivity index (χ3n) is 2.73. The molecule has 1 aliphatic rings. The third-order valence-corrected chi connectivity index (χ3v) is 3.96. The molecule has 1 heteroatoms. The summed E-state index contributed by atoms with van der Waals surface area (Å²) in [6, 6.07) is 9.07. The van der Waals surface area contributed by atoms with E-state index in [1.807, 2.05) is 0 Å². The first-order chi connectivity index (χ1) is 5.81. The lowest BCUT2D eigenvalue weighted by atomic mass is 9.84. The lowest BCUT2D eigenvalue weighted by molar-refractivity contribution is 0.590. The fourth-order valence-electron chi connectivity index (χ4n) is 1.93. The second-order valence-electron chi connectivity index (χ2n) is 3.48. The number of alkyl halides is 1. The second-order valence-corrected chi connectivity index (χ2v) is 4.98. The maximum atomic E-state index is 2.55. The van der Waals surface area contributed by atoms with Crippen molar-refractivity contribution in [3.8, 4) is 0 Å². The van der Waals surface area contributed by atoms with E-state index in [9.17, 15) is 0 Å². The molecule has 0 aliphatic heterocycles. The molecule has 2 unspecified atom stereocenters. The van der Waals surface area contributed by atoms with Crippen molar-refractivity contribution in [3.63, 3.8) is 0 Å². The van der Waals surface area contributed by atoms with E-state index in [1.165, 1.54) is 18.4 Å². The average molecular weight is 272 g/mol. The van der Waals surface area contributed by atoms with Crippen LogP contribution in [0.25, 0.3) is 0 Å². The quantitative estimate of drug-likeness (QED) is 0.534. The van der Waals surface area contributed by atoms with Gasteiger partial charge in [0.2, 0.25) is 0 Å². The van der Waals surface area contributed by atoms with E-state index in [1.54, 1.807) is 5.56 Å². The molecule has 0 heterocycles. The Kier molecular flexibility index (Phi) is 2.40. The summed E-state index contributed by atoms with van der Waals surface area (Å²) < 4.78 is 0.737. The molecule has 0 amide bonds. The molecule has 1 aromatic carbocycles. The van der Waals surface area contributed by atoms with Gasteiger partial charge in [-0.2, -0.15) is 0 Å². The third kappa shape index (κ3) is 1.39. The maximum Gasteiger partial charge on any atom is 0.0365 e. The molecule has 64 valence electrons. The summed E-state index contributed by atoms with van der Waals surface area (Å²) in [4.78, 5) is 0. The molecular weight excluding hydrogens is 259 g/mol. The molecule has 0 nitrogen and oxygen atoms in total. The van der Waals surface area contributed by atoms with Crippen LogP contribution >= 0.6 is 22.6 Å². The maximum absolute atomic E-state index is 2.55. The molecule has 2 bridgehead atoms. The Morgan fingerprint density at radius 1 is 1.42 bits per heavy atom. The van der Waals surface area contributed by atoms with Gasteiger partial charge in [-0.1, -0.05) is 53.8 Å². The van der Waals surface area contributed by atoms with Crippen LogP contribution in [0, 0.1) is 0 Å². The predicted molar refractivity (Wildman–Crippen MR) is 60.9 cm³/mol. The van der Waals surface area contributed by atoms with Gasteiger partial charge < -0.3 is 0 Å². The van der Waals surface area contributed by atoms with Crippen LogP contribution in [-0.2, 0) is 0 Å². The van der Waals surface area contributed by atoms with Gasteiger partial charge >= 0.3 is 0 Å². The first-order valence-corrected chi connectivity index (χ1v) is 5.79. The van der Waals surface area contributed by atoms with Gasteiger partial charge in [0.15, 0.2) is 0 Å². The number of benzene rings is 1. The highest BCUT2D eigenvalue weighted by molar-refractivity contribution is 14.1. The van der Waals surface area contributed by atoms with E-state index in [4.69, 9.17) is 0 Å². The number of hydrogen-bond donors (Lipinski definition) is 0. The van der Waals surface area contributed by atoms with Gasteiger partial charge in [0.25, 0.3) is 0 Å². The van der Waals surface area contributed by atoms with Crippen molar-refractivity contribution in [1.29, 1.82) is 0 Å². The zero-order chi connectivity index (χ0) is 8.55. The standard InChI is InChI=1S/C11H13I/c1-2-8-7-11(12)10-5-3-4-9(8)6-10/h3-6,8,11H,2,7H2,1H3. The van der Waals surface area contributed by atoms with Crippen molar-refractivity contribution >= 4 is 22.6 Å². The topological polar surface area (TPSA) is 0 Å². The molecule has 0 spiro atoms. The Morgan fingerprint density at radius 3 is 2.92 bits per heavy atom. The van der Waals surface area contributed by atoms with E-state index in [0.29, 0.717) is 0 Å². The van der Waals surface area contributed by atoms with Crippen LogP contribution in [0.4, 0.5) is 0 Å². The molecular formula is C11H13I. The van der Waals surface area contributed by atoms with Crippen molar-refractivity contribution in [1.82, 2.24) is 0 Å². The molecule has 0 N–H and O–H groups in total. The lowest BCUT2D eigenvalue weighted by Gasteiger charge is -2.25. The summed E-state index contributed by atoms with van der Waals surface area (Å²) in [6.45, 7) is 2.28. The van der Waals surface area contributed by atoms with Gasteiger partial charge in [-0.25, -0.2) is 0 Å². The molecule has 0 aromatic heterocycles. The SMILES string of the molecule is CCC1CC(I)c2cccc1c2. The van der Waals surface area contributed by atoms with Crippen LogP contribution in [0.1, 0.15) is 40.7 Å². The second kappa shape index (κ2) is 3.36. The van der Waals surface area contributed by atoms with Crippen LogP contribution in [0.5, 0.6) is 0 Å². The van der Waals surface area contributed by atoms with Crippen LogP contribution < -0.4 is 0 Å². The molecule has 1 aliphatic carbocycles. The number of halogens is 1. The first kappa shape index (κ1) is 8.54. The first-order valence-electron chi connectivity index (χ1n) is 4.55. The summed E-state index contributed by atoms with van der Waals surface area (Å²) in [7, 11) is 0. The van der Waals surface area contributed by atoms with Gasteiger partial charge in [0, 0.05) is 3.92 Å². The zero-order valence-corrected chi connectivity index (χ0v) is 9.41. The van der Waals surface area contributed by atoms with Crippen LogP contribution in [0.3, 0.4) is 0 Å². The van der Waals surface area contributed by atoms with E-state index in [-0.39, 0.29) is 0 Å². The fraction of sp³-hybridized carbons (Fsp3) is 0.455. The van der Waals surface area contributed by atoms with E-state index in [2.05, 4.69) is 53.8 Å². The monoisotopic (exact) mass is 272 g/mol. The summed E-state index contributed by atoms with van der Waals surface area (Å²) >= 11 is 2.55. The van der Waals surface area contributed by atoms with Crippen molar-refractivity contribution in [2.75, 3.05) is 0 Å². The fourth-order valence-corrected chi connectivity index (χ4v) is 2.93. The van der Waals surface area contributed by atoms with Gasteiger partial charge in [-0.3, -0.25) is 0 Å². The van der Waals surface area contributed by atoms with Gasteiger partial charge in [-0.05, 0) is 29.9 Å². The normalized spacial score (nSPS) is 27.2. The average Bonchev–Trinajstić information content (AvgIpc) is 2.12. The summed E-state index contributed by atoms with van der Waals surface area (Å²) in [5, 5.41) is 0. The summed E-state index contributed by atoms with van der Waals surface area (Å²) in [5.74, 6) is 0.806. The highest BCUT2D eigenvalue weighted by atomic mass is 127. The molecule has 12 heavy (non-hydrogen) atoms. The van der Waals surface area contributed by atoms with Crippen molar-refractivity contribution in [2.24, 2.45) is 0 Å². The molecule has 0 saturated heterocycles. The minimum Gasteiger partial charge on any atom is -0.0774 e. The largest absolute Gasteiger partial charge is 0.0774 e. The zero-order valence-electron chi connectivity index (χ0n) is 7.26. The number of rotatable bonds is 1. The molecule has 0 fully saturated rings. The summed E-state index contributed by atoms with van der Waals surface area (Å²) in [6.07, 6.45) is 2.61. The number of fused-ring (bicyclic) bond motifs is 2. The molecule has 2 rings (SSSR count). The minimum absolute atomic E-state index is 0.737. The van der Waals surface area contributed by atoms with Crippen LogP contribution in [0.2, 0.25) is 0 Å². The smallest absolute Gasteiger partial charge is 0.0365 e. The Morgan fingerprint density at radius 2 is 2.17 bits per heavy atom. The summed E-state index contributed by atoms with van der Waals surface area (Å²) in [5.41, 5.74) is 3.06. The molecule has 0 radical (unpaired) electrons. The van der Waals surface area contributed by atoms with E-state index in [0.717, 1.165) is 9.84 Å². The number of hydrogen-bond acceptors (Lipinski definition) is 0.